The van der Waals surface area contributed by atoms with Gasteiger partial charge in [-0.05, 0) is 24.1 Å². The van der Waals surface area contributed by atoms with E-state index in [1.165, 1.54) is 17.4 Å². The van der Waals surface area contributed by atoms with Gasteiger partial charge in [-0.2, -0.15) is 0 Å². The fraction of sp³-hybridized carbons (Fsp3) is 0.182. The topological polar surface area (TPSA) is 38.9 Å². The van der Waals surface area contributed by atoms with Gasteiger partial charge < -0.3 is 5.73 Å². The molecule has 0 spiro atoms. The standard InChI is InChI=1S/C11H11FN2S/c1-7-8(3-2-4-10(7)12)5-9-6-14-11(13)15-9/h2-4,6H,5H2,1H3,(H2,13,14). The van der Waals surface area contributed by atoms with Gasteiger partial charge in [0.05, 0.1) is 0 Å². The highest BCUT2D eigenvalue weighted by molar-refractivity contribution is 7.15. The maximum atomic E-state index is 13.3. The molecule has 0 unspecified atom stereocenters. The highest BCUT2D eigenvalue weighted by Gasteiger charge is 2.06. The minimum atomic E-state index is -0.162. The summed E-state index contributed by atoms with van der Waals surface area (Å²) < 4.78 is 13.3. The van der Waals surface area contributed by atoms with Crippen LogP contribution in [0.5, 0.6) is 0 Å². The molecular formula is C11H11FN2S. The zero-order valence-electron chi connectivity index (χ0n) is 8.33. The molecule has 0 saturated carbocycles. The zero-order chi connectivity index (χ0) is 10.8. The van der Waals surface area contributed by atoms with Crippen molar-refractivity contribution in [2.75, 3.05) is 5.73 Å². The highest BCUT2D eigenvalue weighted by atomic mass is 32.1. The average molecular weight is 222 g/mol. The Kier molecular flexibility index (Phi) is 2.68. The molecular weight excluding hydrogens is 211 g/mol. The summed E-state index contributed by atoms with van der Waals surface area (Å²) in [6.07, 6.45) is 2.43. The van der Waals surface area contributed by atoms with Crippen LogP contribution in [0.25, 0.3) is 0 Å². The third kappa shape index (κ3) is 2.15. The molecule has 2 aromatic rings. The number of benzene rings is 1. The lowest BCUT2D eigenvalue weighted by molar-refractivity contribution is 0.616. The summed E-state index contributed by atoms with van der Waals surface area (Å²) in [6, 6.07) is 5.12. The van der Waals surface area contributed by atoms with Crippen molar-refractivity contribution >= 4 is 16.5 Å². The van der Waals surface area contributed by atoms with Crippen LogP contribution >= 0.6 is 11.3 Å². The molecule has 1 heterocycles. The molecule has 2 rings (SSSR count). The number of rotatable bonds is 2. The van der Waals surface area contributed by atoms with Crippen LogP contribution in [0.3, 0.4) is 0 Å². The number of hydrogen-bond acceptors (Lipinski definition) is 3. The van der Waals surface area contributed by atoms with Crippen molar-refractivity contribution in [2.24, 2.45) is 0 Å². The van der Waals surface area contributed by atoms with E-state index in [0.717, 1.165) is 10.4 Å². The molecule has 4 heteroatoms. The van der Waals surface area contributed by atoms with Gasteiger partial charge >= 0.3 is 0 Å². The van der Waals surface area contributed by atoms with Gasteiger partial charge in [-0.25, -0.2) is 9.37 Å². The molecule has 1 aromatic carbocycles. The lowest BCUT2D eigenvalue weighted by Crippen LogP contribution is -1.92. The molecule has 2 N–H and O–H groups in total. The van der Waals surface area contributed by atoms with E-state index < -0.39 is 0 Å². The Morgan fingerprint density at radius 3 is 2.93 bits per heavy atom. The van der Waals surface area contributed by atoms with E-state index in [4.69, 9.17) is 5.73 Å². The van der Waals surface area contributed by atoms with Gasteiger partial charge in [0.1, 0.15) is 5.82 Å². The maximum absolute atomic E-state index is 13.3. The van der Waals surface area contributed by atoms with Crippen molar-refractivity contribution in [3.8, 4) is 0 Å². The van der Waals surface area contributed by atoms with Gasteiger partial charge in [-0.15, -0.1) is 11.3 Å². The first-order valence-corrected chi connectivity index (χ1v) is 5.42. The van der Waals surface area contributed by atoms with Crippen LogP contribution in [0, 0.1) is 12.7 Å². The fourth-order valence-corrected chi connectivity index (χ4v) is 2.14. The van der Waals surface area contributed by atoms with Crippen LogP contribution in [-0.2, 0) is 6.42 Å². The first-order chi connectivity index (χ1) is 7.16. The minimum Gasteiger partial charge on any atom is -0.375 e. The molecule has 0 fully saturated rings. The van der Waals surface area contributed by atoms with Gasteiger partial charge in [-0.1, -0.05) is 12.1 Å². The average Bonchev–Trinajstić information content (AvgIpc) is 2.59. The van der Waals surface area contributed by atoms with Crippen molar-refractivity contribution in [1.82, 2.24) is 4.98 Å². The van der Waals surface area contributed by atoms with E-state index >= 15 is 0 Å². The number of nitrogens with two attached hydrogens (primary N) is 1. The first-order valence-electron chi connectivity index (χ1n) is 4.61. The molecule has 0 saturated heterocycles. The second-order valence-electron chi connectivity index (χ2n) is 3.37. The summed E-state index contributed by atoms with van der Waals surface area (Å²) in [7, 11) is 0. The summed E-state index contributed by atoms with van der Waals surface area (Å²) in [6.45, 7) is 1.79. The quantitative estimate of drug-likeness (QED) is 0.848. The largest absolute Gasteiger partial charge is 0.375 e. The Morgan fingerprint density at radius 2 is 2.27 bits per heavy atom. The molecule has 0 aliphatic heterocycles. The third-order valence-electron chi connectivity index (χ3n) is 2.32. The van der Waals surface area contributed by atoms with Crippen LogP contribution in [0.1, 0.15) is 16.0 Å². The second kappa shape index (κ2) is 3.98. The Balaban J connectivity index is 2.28. The minimum absolute atomic E-state index is 0.162. The smallest absolute Gasteiger partial charge is 0.180 e. The predicted molar refractivity (Wildman–Crippen MR) is 60.5 cm³/mol. The molecule has 0 amide bonds. The van der Waals surface area contributed by atoms with Crippen LogP contribution in [0.15, 0.2) is 24.4 Å². The molecule has 0 atom stereocenters. The molecule has 78 valence electrons. The van der Waals surface area contributed by atoms with Crippen LogP contribution in [0.2, 0.25) is 0 Å². The molecule has 0 aliphatic rings. The van der Waals surface area contributed by atoms with Gasteiger partial charge in [0.25, 0.3) is 0 Å². The summed E-state index contributed by atoms with van der Waals surface area (Å²) in [5, 5.41) is 0.555. The van der Waals surface area contributed by atoms with Crippen LogP contribution in [0.4, 0.5) is 9.52 Å². The maximum Gasteiger partial charge on any atom is 0.180 e. The Hall–Kier alpha value is -1.42. The number of nitrogens with zero attached hydrogens (tertiary/aromatic N) is 1. The SMILES string of the molecule is Cc1c(F)cccc1Cc1cnc(N)s1. The lowest BCUT2D eigenvalue weighted by Gasteiger charge is -2.04. The number of aromatic nitrogens is 1. The fourth-order valence-electron chi connectivity index (χ4n) is 1.44. The summed E-state index contributed by atoms with van der Waals surface area (Å²) in [5.74, 6) is -0.162. The van der Waals surface area contributed by atoms with E-state index in [-0.39, 0.29) is 5.82 Å². The van der Waals surface area contributed by atoms with Crippen molar-refractivity contribution in [2.45, 2.75) is 13.3 Å². The van der Waals surface area contributed by atoms with Gasteiger partial charge in [-0.3, -0.25) is 0 Å². The van der Waals surface area contributed by atoms with Gasteiger partial charge in [0.15, 0.2) is 5.13 Å². The summed E-state index contributed by atoms with van der Waals surface area (Å²) in [4.78, 5) is 5.02. The summed E-state index contributed by atoms with van der Waals surface area (Å²) in [5.41, 5.74) is 7.22. The number of halogens is 1. The van der Waals surface area contributed by atoms with E-state index in [0.29, 0.717) is 17.1 Å². The Morgan fingerprint density at radius 1 is 1.47 bits per heavy atom. The van der Waals surface area contributed by atoms with Crippen molar-refractivity contribution in [3.05, 3.63) is 46.2 Å². The molecule has 15 heavy (non-hydrogen) atoms. The second-order valence-corrected chi connectivity index (χ2v) is 4.51. The highest BCUT2D eigenvalue weighted by Crippen LogP contribution is 2.21. The number of anilines is 1. The molecule has 1 aromatic heterocycles. The zero-order valence-corrected chi connectivity index (χ0v) is 9.14. The van der Waals surface area contributed by atoms with Crippen molar-refractivity contribution < 1.29 is 4.39 Å². The number of hydrogen-bond donors (Lipinski definition) is 1. The van der Waals surface area contributed by atoms with Gasteiger partial charge in [0.2, 0.25) is 0 Å². The summed E-state index contributed by atoms with van der Waals surface area (Å²) >= 11 is 1.44. The normalized spacial score (nSPS) is 10.5. The predicted octanol–water partition coefficient (Wildman–Crippen LogP) is 2.76. The Labute approximate surface area is 91.6 Å². The molecule has 0 aliphatic carbocycles. The van der Waals surface area contributed by atoms with E-state index in [1.807, 2.05) is 6.07 Å². The van der Waals surface area contributed by atoms with Gasteiger partial charge in [0, 0.05) is 17.5 Å². The van der Waals surface area contributed by atoms with Crippen LogP contribution in [-0.4, -0.2) is 4.98 Å². The number of thiazole rings is 1. The van der Waals surface area contributed by atoms with E-state index in [1.54, 1.807) is 19.2 Å². The van der Waals surface area contributed by atoms with Crippen molar-refractivity contribution in [1.29, 1.82) is 0 Å². The lowest BCUT2D eigenvalue weighted by atomic mass is 10.1. The van der Waals surface area contributed by atoms with Crippen molar-refractivity contribution in [3.63, 3.8) is 0 Å². The van der Waals surface area contributed by atoms with E-state index in [9.17, 15) is 4.39 Å². The Bertz CT molecular complexity index is 479. The van der Waals surface area contributed by atoms with E-state index in [2.05, 4.69) is 4.98 Å². The molecule has 2 nitrogen and oxygen atoms in total. The monoisotopic (exact) mass is 222 g/mol. The molecule has 0 radical (unpaired) electrons. The number of nitrogen functional groups attached to an aromatic ring is 1. The third-order valence-corrected chi connectivity index (χ3v) is 3.14. The van der Waals surface area contributed by atoms with Crippen LogP contribution < -0.4 is 5.73 Å². The molecule has 0 bridgehead atoms. The first kappa shape index (κ1) is 10.1.